The van der Waals surface area contributed by atoms with Gasteiger partial charge in [0.05, 0.1) is 0 Å². The second-order valence-electron chi connectivity index (χ2n) is 13.6. The first-order valence-corrected chi connectivity index (χ1v) is 18.6. The molecular formula is C39H68N2. The van der Waals surface area contributed by atoms with Crippen molar-refractivity contribution in [3.05, 3.63) is 47.9 Å². The predicted molar refractivity (Wildman–Crippen MR) is 182 cm³/mol. The van der Waals surface area contributed by atoms with Crippen molar-refractivity contribution in [2.24, 2.45) is 0 Å². The van der Waals surface area contributed by atoms with Crippen LogP contribution in [0.25, 0.3) is 0 Å². The summed E-state index contributed by atoms with van der Waals surface area (Å²) in [5.74, 6) is 0. The minimum absolute atomic E-state index is 1.12. The van der Waals surface area contributed by atoms with Crippen molar-refractivity contribution in [1.29, 1.82) is 0 Å². The van der Waals surface area contributed by atoms with Crippen LogP contribution in [0.2, 0.25) is 0 Å². The van der Waals surface area contributed by atoms with Crippen LogP contribution in [0.4, 0.5) is 0 Å². The van der Waals surface area contributed by atoms with Crippen molar-refractivity contribution in [3.8, 4) is 0 Å². The molecule has 3 aliphatic heterocycles. The maximum Gasteiger partial charge on any atom is 0.0386 e. The Bertz CT molecular complexity index is 745. The van der Waals surface area contributed by atoms with Crippen LogP contribution in [0.15, 0.2) is 47.9 Å². The van der Waals surface area contributed by atoms with E-state index in [4.69, 9.17) is 0 Å². The smallest absolute Gasteiger partial charge is 0.0386 e. The summed E-state index contributed by atoms with van der Waals surface area (Å²) in [5, 5.41) is 0. The van der Waals surface area contributed by atoms with Crippen molar-refractivity contribution in [2.45, 2.75) is 173 Å². The van der Waals surface area contributed by atoms with Gasteiger partial charge in [-0.05, 0) is 56.4 Å². The maximum absolute atomic E-state index is 2.57. The molecule has 41 heavy (non-hydrogen) atoms. The third kappa shape index (κ3) is 18.0. The standard InChI is InChI=1S/C39H68N2/c1-2-6-10-14-18-22-28-38-30-26-35-41(36-38)33-25-21-17-13-9-5-3-7-11-15-19-23-29-39-31-27-34-40(37-39)32-24-20-16-12-8-4-1/h26-27,30-31,35,37H,1-25,28-29,32-34,36H2. The quantitative estimate of drug-likeness (QED) is 0.289. The summed E-state index contributed by atoms with van der Waals surface area (Å²) in [6.45, 7) is 4.81. The Morgan fingerprint density at radius 1 is 0.439 bits per heavy atom. The Kier molecular flexibility index (Phi) is 20.0. The van der Waals surface area contributed by atoms with Gasteiger partial charge in [0.2, 0.25) is 0 Å². The lowest BCUT2D eigenvalue weighted by Crippen LogP contribution is -2.23. The average molecular weight is 565 g/mol. The summed E-state index contributed by atoms with van der Waals surface area (Å²) < 4.78 is 0. The molecule has 0 fully saturated rings. The number of hydrogen-bond donors (Lipinski definition) is 0. The molecule has 2 heteroatoms. The fourth-order valence-electron chi connectivity index (χ4n) is 6.98. The van der Waals surface area contributed by atoms with Gasteiger partial charge in [-0.3, -0.25) is 0 Å². The van der Waals surface area contributed by atoms with Gasteiger partial charge < -0.3 is 9.80 Å². The minimum Gasteiger partial charge on any atom is -0.373 e. The number of allylic oxidation sites excluding steroid dienone is 4. The van der Waals surface area contributed by atoms with Crippen LogP contribution in [0.1, 0.15) is 173 Å². The van der Waals surface area contributed by atoms with Gasteiger partial charge >= 0.3 is 0 Å². The lowest BCUT2D eigenvalue weighted by molar-refractivity contribution is 0.378. The van der Waals surface area contributed by atoms with Gasteiger partial charge in [-0.1, -0.05) is 159 Å². The molecule has 3 aliphatic rings. The number of fused-ring (bicyclic) bond motifs is 3. The van der Waals surface area contributed by atoms with E-state index in [1.54, 1.807) is 11.1 Å². The first-order valence-electron chi connectivity index (χ1n) is 18.6. The summed E-state index contributed by atoms with van der Waals surface area (Å²) in [4.78, 5) is 5.14. The zero-order valence-corrected chi connectivity index (χ0v) is 27.3. The van der Waals surface area contributed by atoms with E-state index in [2.05, 4.69) is 46.5 Å². The Labute approximate surface area is 256 Å². The zero-order valence-electron chi connectivity index (χ0n) is 27.3. The molecule has 2 nitrogen and oxygen atoms in total. The maximum atomic E-state index is 2.57. The zero-order chi connectivity index (χ0) is 28.5. The first-order chi connectivity index (χ1) is 20.4. The second-order valence-corrected chi connectivity index (χ2v) is 13.6. The summed E-state index contributed by atoms with van der Waals surface area (Å²) in [7, 11) is 0. The predicted octanol–water partition coefficient (Wildman–Crippen LogP) is 12.0. The van der Waals surface area contributed by atoms with E-state index in [-0.39, 0.29) is 0 Å². The normalized spacial score (nSPS) is 24.0. The molecule has 0 spiro atoms. The molecule has 0 aliphatic carbocycles. The highest BCUT2D eigenvalue weighted by atomic mass is 15.1. The lowest BCUT2D eigenvalue weighted by atomic mass is 10.0. The van der Waals surface area contributed by atoms with Crippen molar-refractivity contribution in [2.75, 3.05) is 26.2 Å². The van der Waals surface area contributed by atoms with Crippen LogP contribution in [-0.2, 0) is 0 Å². The number of hydrogen-bond acceptors (Lipinski definition) is 2. The summed E-state index contributed by atoms with van der Waals surface area (Å²) in [6.07, 6.45) is 52.7. The van der Waals surface area contributed by atoms with Crippen LogP contribution in [0.5, 0.6) is 0 Å². The fourth-order valence-corrected chi connectivity index (χ4v) is 6.98. The number of nitrogens with zero attached hydrogens (tertiary/aromatic N) is 2. The van der Waals surface area contributed by atoms with Gasteiger partial charge in [0.25, 0.3) is 0 Å². The summed E-state index contributed by atoms with van der Waals surface area (Å²) in [5.41, 5.74) is 3.23. The number of rotatable bonds is 0. The first kappa shape index (κ1) is 34.1. The molecule has 0 saturated carbocycles. The van der Waals surface area contributed by atoms with E-state index in [1.165, 1.54) is 193 Å². The molecule has 3 heterocycles. The van der Waals surface area contributed by atoms with Gasteiger partial charge in [-0.15, -0.1) is 0 Å². The topological polar surface area (TPSA) is 6.48 Å². The minimum atomic E-state index is 1.12. The van der Waals surface area contributed by atoms with Crippen LogP contribution in [-0.4, -0.2) is 36.0 Å². The third-order valence-electron chi connectivity index (χ3n) is 9.66. The summed E-state index contributed by atoms with van der Waals surface area (Å²) >= 11 is 0. The van der Waals surface area contributed by atoms with E-state index in [0.717, 1.165) is 6.54 Å². The van der Waals surface area contributed by atoms with E-state index in [0.29, 0.717) is 0 Å². The van der Waals surface area contributed by atoms with E-state index >= 15 is 0 Å². The van der Waals surface area contributed by atoms with Crippen molar-refractivity contribution in [1.82, 2.24) is 9.80 Å². The summed E-state index contributed by atoms with van der Waals surface area (Å²) in [6, 6.07) is 0. The molecule has 0 aromatic heterocycles. The Morgan fingerprint density at radius 3 is 1.41 bits per heavy atom. The molecular weight excluding hydrogens is 496 g/mol. The van der Waals surface area contributed by atoms with Crippen LogP contribution in [0, 0.1) is 0 Å². The van der Waals surface area contributed by atoms with Crippen molar-refractivity contribution in [3.63, 3.8) is 0 Å². The molecule has 4 bridgehead atoms. The Morgan fingerprint density at radius 2 is 0.878 bits per heavy atom. The van der Waals surface area contributed by atoms with Gasteiger partial charge in [-0.25, -0.2) is 0 Å². The molecule has 234 valence electrons. The monoisotopic (exact) mass is 565 g/mol. The molecule has 0 saturated heterocycles. The van der Waals surface area contributed by atoms with Gasteiger partial charge in [0.1, 0.15) is 0 Å². The molecule has 3 rings (SSSR count). The molecule has 0 aromatic carbocycles. The second kappa shape index (κ2) is 24.0. The SMILES string of the molecule is C1=CN2CCCCCCCCCCCCCCC3=CN(CC=C3)CCCCCCCCCCCCCCCC(=C1)C2. The fraction of sp³-hybridized carbons (Fsp3) is 0.795. The highest BCUT2D eigenvalue weighted by Gasteiger charge is 2.08. The van der Waals surface area contributed by atoms with Crippen LogP contribution in [0.3, 0.4) is 0 Å². The van der Waals surface area contributed by atoms with E-state index in [9.17, 15) is 0 Å². The van der Waals surface area contributed by atoms with E-state index < -0.39 is 0 Å². The lowest BCUT2D eigenvalue weighted by Gasteiger charge is -2.25. The largest absolute Gasteiger partial charge is 0.373 e. The Balaban J connectivity index is 1.28. The third-order valence-corrected chi connectivity index (χ3v) is 9.66. The Hall–Kier alpha value is -1.44. The van der Waals surface area contributed by atoms with Crippen molar-refractivity contribution < 1.29 is 0 Å². The molecule has 0 radical (unpaired) electrons. The van der Waals surface area contributed by atoms with Gasteiger partial charge in [0, 0.05) is 32.4 Å². The van der Waals surface area contributed by atoms with Crippen molar-refractivity contribution >= 4 is 0 Å². The molecule has 0 aromatic rings. The van der Waals surface area contributed by atoms with Crippen LogP contribution < -0.4 is 0 Å². The average Bonchev–Trinajstić information content (AvgIpc) is 2.99. The molecule has 0 unspecified atom stereocenters. The molecule has 0 amide bonds. The molecule has 0 N–H and O–H groups in total. The van der Waals surface area contributed by atoms with E-state index in [1.807, 2.05) is 0 Å². The van der Waals surface area contributed by atoms with Gasteiger partial charge in [0.15, 0.2) is 0 Å². The van der Waals surface area contributed by atoms with Crippen LogP contribution >= 0.6 is 0 Å². The highest BCUT2D eigenvalue weighted by Crippen LogP contribution is 2.20. The molecule has 0 atom stereocenters. The highest BCUT2D eigenvalue weighted by molar-refractivity contribution is 5.22. The van der Waals surface area contributed by atoms with Gasteiger partial charge in [-0.2, -0.15) is 0 Å².